The third-order valence-corrected chi connectivity index (χ3v) is 5.74. The molecular weight excluding hydrogens is 400 g/mol. The van der Waals surface area contributed by atoms with Crippen molar-refractivity contribution in [3.05, 3.63) is 63.7 Å². The van der Waals surface area contributed by atoms with Crippen LogP contribution in [-0.2, 0) is 0 Å². The second kappa shape index (κ2) is 7.57. The Hall–Kier alpha value is -3.62. The summed E-state index contributed by atoms with van der Waals surface area (Å²) in [5, 5.41) is 3.86. The molecule has 1 atom stereocenters. The molecule has 0 bridgehead atoms. The maximum Gasteiger partial charge on any atom is 0.268 e. The molecule has 0 spiro atoms. The lowest BCUT2D eigenvalue weighted by Crippen LogP contribution is -2.42. The van der Waals surface area contributed by atoms with Crippen LogP contribution in [0.25, 0.3) is 5.69 Å². The number of carbonyl (C=O) groups excluding carboxylic acids is 1. The van der Waals surface area contributed by atoms with E-state index in [4.69, 9.17) is 14.0 Å². The maximum absolute atomic E-state index is 13.6. The highest BCUT2D eigenvalue weighted by atomic mass is 16.7. The maximum atomic E-state index is 13.6. The number of aromatic nitrogens is 3. The minimum atomic E-state index is -0.380. The first kappa shape index (κ1) is 19.3. The van der Waals surface area contributed by atoms with Gasteiger partial charge in [-0.15, -0.1) is 0 Å². The number of pyridine rings is 1. The van der Waals surface area contributed by atoms with Gasteiger partial charge >= 0.3 is 0 Å². The first-order chi connectivity index (χ1) is 15.0. The van der Waals surface area contributed by atoms with Crippen LogP contribution in [0.1, 0.15) is 52.9 Å². The normalized spacial score (nSPS) is 17.7. The molecule has 9 nitrogen and oxygen atoms in total. The minimum absolute atomic E-state index is 0.142. The second-order valence-corrected chi connectivity index (χ2v) is 7.78. The fraction of sp³-hybridized carbons (Fsp3) is 0.364. The van der Waals surface area contributed by atoms with Gasteiger partial charge < -0.3 is 18.9 Å². The van der Waals surface area contributed by atoms with Crippen LogP contribution in [0.2, 0.25) is 0 Å². The molecule has 3 aromatic rings. The van der Waals surface area contributed by atoms with Crippen LogP contribution in [0, 0.1) is 13.8 Å². The van der Waals surface area contributed by atoms with Crippen LogP contribution in [-0.4, -0.2) is 38.9 Å². The monoisotopic (exact) mass is 422 g/mol. The zero-order chi connectivity index (χ0) is 21.5. The van der Waals surface area contributed by atoms with E-state index in [2.05, 4.69) is 10.1 Å². The van der Waals surface area contributed by atoms with Crippen molar-refractivity contribution >= 4 is 5.91 Å². The lowest BCUT2D eigenvalue weighted by Gasteiger charge is -2.33. The number of fused-ring (bicyclic) bond motifs is 1. The summed E-state index contributed by atoms with van der Waals surface area (Å²) in [6, 6.07) is 6.70. The smallest absolute Gasteiger partial charge is 0.268 e. The summed E-state index contributed by atoms with van der Waals surface area (Å²) in [5.41, 5.74) is 0.988. The van der Waals surface area contributed by atoms with Crippen molar-refractivity contribution < 1.29 is 18.8 Å². The van der Waals surface area contributed by atoms with E-state index in [9.17, 15) is 9.59 Å². The van der Waals surface area contributed by atoms with E-state index in [1.54, 1.807) is 49.2 Å². The molecule has 9 heteroatoms. The molecule has 1 saturated heterocycles. The summed E-state index contributed by atoms with van der Waals surface area (Å²) < 4.78 is 17.6. The Morgan fingerprint density at radius 1 is 1.13 bits per heavy atom. The van der Waals surface area contributed by atoms with E-state index in [0.29, 0.717) is 41.0 Å². The van der Waals surface area contributed by atoms with Crippen LogP contribution in [0.5, 0.6) is 11.5 Å². The third kappa shape index (κ3) is 3.35. The quantitative estimate of drug-likeness (QED) is 0.640. The van der Waals surface area contributed by atoms with Gasteiger partial charge in [0.1, 0.15) is 11.6 Å². The molecule has 31 heavy (non-hydrogen) atoms. The number of amides is 1. The summed E-state index contributed by atoms with van der Waals surface area (Å²) in [6.45, 7) is 4.20. The molecule has 0 radical (unpaired) electrons. The Balaban J connectivity index is 1.54. The minimum Gasteiger partial charge on any atom is -0.454 e. The molecule has 0 aliphatic carbocycles. The molecule has 0 N–H and O–H groups in total. The number of nitrogens with zero attached hydrogens (tertiary/aromatic N) is 4. The molecule has 160 valence electrons. The zero-order valence-corrected chi connectivity index (χ0v) is 17.3. The predicted octanol–water partition coefficient (Wildman–Crippen LogP) is 2.93. The van der Waals surface area contributed by atoms with Gasteiger partial charge in [-0.1, -0.05) is 5.16 Å². The van der Waals surface area contributed by atoms with Crippen molar-refractivity contribution in [1.29, 1.82) is 0 Å². The van der Waals surface area contributed by atoms with Crippen LogP contribution in [0.4, 0.5) is 0 Å². The van der Waals surface area contributed by atoms with Gasteiger partial charge in [0.25, 0.3) is 11.5 Å². The Bertz CT molecular complexity index is 1210. The van der Waals surface area contributed by atoms with Crippen molar-refractivity contribution in [1.82, 2.24) is 19.6 Å². The molecule has 2 aliphatic heterocycles. The molecule has 1 unspecified atom stereocenters. The van der Waals surface area contributed by atoms with Crippen molar-refractivity contribution in [2.24, 2.45) is 0 Å². The molecule has 1 aromatic carbocycles. The average molecular weight is 422 g/mol. The molecule has 5 rings (SSSR count). The van der Waals surface area contributed by atoms with Gasteiger partial charge in [-0.25, -0.2) is 0 Å². The Morgan fingerprint density at radius 3 is 2.77 bits per heavy atom. The summed E-state index contributed by atoms with van der Waals surface area (Å²) in [4.78, 5) is 33.0. The molecule has 0 saturated carbocycles. The number of aryl methyl sites for hydroxylation is 2. The number of benzene rings is 1. The van der Waals surface area contributed by atoms with Gasteiger partial charge in [-0.2, -0.15) is 4.98 Å². The number of likely N-dealkylation sites (tertiary alicyclic amines) is 1. The summed E-state index contributed by atoms with van der Waals surface area (Å²) in [7, 11) is 0. The average Bonchev–Trinajstić information content (AvgIpc) is 3.42. The van der Waals surface area contributed by atoms with Gasteiger partial charge in [-0.3, -0.25) is 14.2 Å². The Kier molecular flexibility index (Phi) is 4.72. The summed E-state index contributed by atoms with van der Waals surface area (Å²) >= 11 is 0. The number of carbonyl (C=O) groups is 1. The predicted molar refractivity (Wildman–Crippen MR) is 110 cm³/mol. The van der Waals surface area contributed by atoms with Crippen LogP contribution in [0.15, 0.2) is 39.8 Å². The van der Waals surface area contributed by atoms with E-state index < -0.39 is 0 Å². The molecular formula is C22H22N4O5. The molecule has 2 aromatic heterocycles. The van der Waals surface area contributed by atoms with Crippen LogP contribution < -0.4 is 15.0 Å². The Morgan fingerprint density at radius 2 is 1.97 bits per heavy atom. The number of ether oxygens (including phenoxy) is 2. The van der Waals surface area contributed by atoms with Gasteiger partial charge in [0, 0.05) is 18.8 Å². The number of rotatable bonds is 3. The Labute approximate surface area is 178 Å². The largest absolute Gasteiger partial charge is 0.454 e. The first-order valence-corrected chi connectivity index (χ1v) is 10.3. The highest BCUT2D eigenvalue weighted by molar-refractivity contribution is 5.95. The fourth-order valence-corrected chi connectivity index (χ4v) is 4.15. The standard InChI is InChI=1S/C22H22N4O5/c1-13-8-10-25(15-6-7-17-18(11-15)30-12-29-17)21(27)19(13)22(28)26-9-4-3-5-16(26)20-23-14(2)24-31-20/h6-8,10-11,16H,3-5,9,12H2,1-2H3. The van der Waals surface area contributed by atoms with Gasteiger partial charge in [-0.05, 0) is 56.9 Å². The van der Waals surface area contributed by atoms with E-state index in [0.717, 1.165) is 19.3 Å². The third-order valence-electron chi connectivity index (χ3n) is 5.74. The zero-order valence-electron chi connectivity index (χ0n) is 17.3. The van der Waals surface area contributed by atoms with Crippen LogP contribution >= 0.6 is 0 Å². The topological polar surface area (TPSA) is 99.7 Å². The van der Waals surface area contributed by atoms with E-state index in [-0.39, 0.29) is 29.9 Å². The van der Waals surface area contributed by atoms with Crippen molar-refractivity contribution in [3.8, 4) is 17.2 Å². The second-order valence-electron chi connectivity index (χ2n) is 7.78. The van der Waals surface area contributed by atoms with Crippen molar-refractivity contribution in [2.75, 3.05) is 13.3 Å². The van der Waals surface area contributed by atoms with E-state index in [1.807, 2.05) is 0 Å². The van der Waals surface area contributed by atoms with Gasteiger partial charge in [0.15, 0.2) is 17.3 Å². The molecule has 4 heterocycles. The number of piperidine rings is 1. The van der Waals surface area contributed by atoms with Crippen molar-refractivity contribution in [3.63, 3.8) is 0 Å². The van der Waals surface area contributed by atoms with E-state index in [1.165, 1.54) is 4.57 Å². The fourth-order valence-electron chi connectivity index (χ4n) is 4.15. The molecule has 1 amide bonds. The summed E-state index contributed by atoms with van der Waals surface area (Å²) in [5.74, 6) is 1.81. The van der Waals surface area contributed by atoms with E-state index >= 15 is 0 Å². The van der Waals surface area contributed by atoms with Crippen LogP contribution in [0.3, 0.4) is 0 Å². The first-order valence-electron chi connectivity index (χ1n) is 10.3. The highest BCUT2D eigenvalue weighted by Crippen LogP contribution is 2.34. The summed E-state index contributed by atoms with van der Waals surface area (Å²) in [6.07, 6.45) is 4.19. The molecule has 2 aliphatic rings. The number of hydrogen-bond acceptors (Lipinski definition) is 7. The van der Waals surface area contributed by atoms with Gasteiger partial charge in [0.2, 0.25) is 12.7 Å². The van der Waals surface area contributed by atoms with Gasteiger partial charge in [0.05, 0.1) is 5.69 Å². The van der Waals surface area contributed by atoms with Crippen molar-refractivity contribution in [2.45, 2.75) is 39.2 Å². The number of hydrogen-bond donors (Lipinski definition) is 0. The molecule has 1 fully saturated rings. The lowest BCUT2D eigenvalue weighted by atomic mass is 10.00. The highest BCUT2D eigenvalue weighted by Gasteiger charge is 2.34. The SMILES string of the molecule is Cc1noc(C2CCCCN2C(=O)c2c(C)ccn(-c3ccc4c(c3)OCO4)c2=O)n1. The lowest BCUT2D eigenvalue weighted by molar-refractivity contribution is 0.0558.